The number of carboxylic acid groups (broad SMARTS) is 1. The minimum Gasteiger partial charge on any atom is -0.479 e. The van der Waals surface area contributed by atoms with Gasteiger partial charge < -0.3 is 19.7 Å². The molecule has 0 saturated carbocycles. The number of aliphatic carboxylic acids is 1. The van der Waals surface area contributed by atoms with E-state index in [-0.39, 0.29) is 6.61 Å². The van der Waals surface area contributed by atoms with Crippen LogP contribution in [0, 0.1) is 0 Å². The Balaban J connectivity index is 2.71. The van der Waals surface area contributed by atoms with Crippen LogP contribution in [-0.4, -0.2) is 40.3 Å². The zero-order chi connectivity index (χ0) is 10.3. The van der Waals surface area contributed by atoms with Crippen LogP contribution >= 0.6 is 0 Å². The van der Waals surface area contributed by atoms with Crippen molar-refractivity contribution in [3.63, 3.8) is 0 Å². The fraction of sp³-hybridized carbons (Fsp3) is 0.875. The molecule has 0 aromatic carbocycles. The van der Waals surface area contributed by atoms with Gasteiger partial charge in [0, 0.05) is 0 Å². The summed E-state index contributed by atoms with van der Waals surface area (Å²) < 4.78 is 10.4. The van der Waals surface area contributed by atoms with E-state index in [2.05, 4.69) is 0 Å². The Bertz CT molecular complexity index is 221. The number of ether oxygens (including phenoxy) is 2. The molecule has 0 bridgehead atoms. The molecule has 1 aliphatic heterocycles. The summed E-state index contributed by atoms with van der Waals surface area (Å²) in [7, 11) is 0. The van der Waals surface area contributed by atoms with Gasteiger partial charge in [0.2, 0.25) is 0 Å². The smallest absolute Gasteiger partial charge is 0.338 e. The molecule has 1 heterocycles. The average molecular weight is 190 g/mol. The average Bonchev–Trinajstić information content (AvgIpc) is 2.30. The lowest BCUT2D eigenvalue weighted by molar-refractivity contribution is -0.186. The lowest BCUT2D eigenvalue weighted by Gasteiger charge is -2.25. The van der Waals surface area contributed by atoms with Gasteiger partial charge in [-0.25, -0.2) is 4.79 Å². The van der Waals surface area contributed by atoms with E-state index < -0.39 is 23.5 Å². The van der Waals surface area contributed by atoms with E-state index in [1.54, 1.807) is 13.8 Å². The maximum atomic E-state index is 10.6. The molecule has 1 aliphatic rings. The van der Waals surface area contributed by atoms with Gasteiger partial charge >= 0.3 is 5.97 Å². The molecule has 5 nitrogen and oxygen atoms in total. The van der Waals surface area contributed by atoms with Gasteiger partial charge in [-0.05, 0) is 20.8 Å². The fourth-order valence-corrected chi connectivity index (χ4v) is 1.10. The summed E-state index contributed by atoms with van der Waals surface area (Å²) in [6.45, 7) is 4.63. The van der Waals surface area contributed by atoms with Crippen LogP contribution in [0.15, 0.2) is 0 Å². The van der Waals surface area contributed by atoms with Crippen LogP contribution in [0.3, 0.4) is 0 Å². The molecule has 0 aromatic rings. The predicted molar refractivity (Wildman–Crippen MR) is 43.2 cm³/mol. The summed E-state index contributed by atoms with van der Waals surface area (Å²) in [5, 5.41) is 18.2. The first kappa shape index (κ1) is 10.4. The Kier molecular flexibility index (Phi) is 2.36. The minimum atomic E-state index is -1.90. The highest BCUT2D eigenvalue weighted by Crippen LogP contribution is 2.28. The lowest BCUT2D eigenvalue weighted by Crippen LogP contribution is -2.48. The number of hydrogen-bond donors (Lipinski definition) is 2. The zero-order valence-corrected chi connectivity index (χ0v) is 7.90. The van der Waals surface area contributed by atoms with Crippen LogP contribution in [0.2, 0.25) is 0 Å². The second-order valence-corrected chi connectivity index (χ2v) is 3.77. The maximum Gasteiger partial charge on any atom is 0.338 e. The van der Waals surface area contributed by atoms with E-state index in [1.807, 2.05) is 0 Å². The van der Waals surface area contributed by atoms with Gasteiger partial charge in [-0.3, -0.25) is 0 Å². The highest BCUT2D eigenvalue weighted by molar-refractivity contribution is 5.77. The van der Waals surface area contributed by atoms with Crippen LogP contribution in [0.5, 0.6) is 0 Å². The predicted octanol–water partition coefficient (Wildman–Crippen LogP) is -0.0265. The first-order valence-electron chi connectivity index (χ1n) is 4.03. The molecule has 0 amide bonds. The molecule has 2 atom stereocenters. The van der Waals surface area contributed by atoms with Gasteiger partial charge in [-0.1, -0.05) is 0 Å². The summed E-state index contributed by atoms with van der Waals surface area (Å²) in [6, 6.07) is 0. The van der Waals surface area contributed by atoms with Gasteiger partial charge in [0.05, 0.1) is 6.61 Å². The summed E-state index contributed by atoms with van der Waals surface area (Å²) in [6.07, 6.45) is -0.819. The second-order valence-electron chi connectivity index (χ2n) is 3.77. The largest absolute Gasteiger partial charge is 0.479 e. The Hall–Kier alpha value is -0.650. The maximum absolute atomic E-state index is 10.6. The van der Waals surface area contributed by atoms with Crippen molar-refractivity contribution in [2.45, 2.75) is 38.3 Å². The molecular formula is C8H14O5. The highest BCUT2D eigenvalue weighted by Gasteiger charge is 2.47. The van der Waals surface area contributed by atoms with Crippen molar-refractivity contribution in [1.29, 1.82) is 0 Å². The highest BCUT2D eigenvalue weighted by atomic mass is 16.7. The van der Waals surface area contributed by atoms with Crippen LogP contribution < -0.4 is 0 Å². The first-order valence-corrected chi connectivity index (χ1v) is 4.03. The molecule has 13 heavy (non-hydrogen) atoms. The molecule has 5 heteroatoms. The van der Waals surface area contributed by atoms with Gasteiger partial charge in [-0.2, -0.15) is 0 Å². The zero-order valence-electron chi connectivity index (χ0n) is 7.90. The third-order valence-corrected chi connectivity index (χ3v) is 2.07. The summed E-state index contributed by atoms with van der Waals surface area (Å²) in [5.41, 5.74) is -1.90. The topological polar surface area (TPSA) is 76.0 Å². The van der Waals surface area contributed by atoms with Crippen LogP contribution in [-0.2, 0) is 14.3 Å². The number of carbonyl (C=O) groups is 1. The van der Waals surface area contributed by atoms with Crippen molar-refractivity contribution >= 4 is 5.97 Å². The second kappa shape index (κ2) is 2.94. The van der Waals surface area contributed by atoms with E-state index in [1.165, 1.54) is 6.92 Å². The molecule has 0 aliphatic carbocycles. The van der Waals surface area contributed by atoms with Gasteiger partial charge in [-0.15, -0.1) is 0 Å². The Morgan fingerprint density at radius 3 is 2.46 bits per heavy atom. The number of aliphatic hydroxyl groups is 1. The Morgan fingerprint density at radius 1 is 1.62 bits per heavy atom. The SMILES string of the molecule is CC1(C)OCC(C(C)(O)C(=O)O)O1. The van der Waals surface area contributed by atoms with Crippen molar-refractivity contribution in [1.82, 2.24) is 0 Å². The van der Waals surface area contributed by atoms with Crippen molar-refractivity contribution in [3.05, 3.63) is 0 Å². The van der Waals surface area contributed by atoms with Crippen LogP contribution in [0.25, 0.3) is 0 Å². The van der Waals surface area contributed by atoms with Crippen molar-refractivity contribution in [2.24, 2.45) is 0 Å². The van der Waals surface area contributed by atoms with Crippen LogP contribution in [0.4, 0.5) is 0 Å². The van der Waals surface area contributed by atoms with Crippen LogP contribution in [0.1, 0.15) is 20.8 Å². The third kappa shape index (κ3) is 1.99. The number of hydrogen-bond acceptors (Lipinski definition) is 4. The summed E-state index contributed by atoms with van der Waals surface area (Å²) >= 11 is 0. The molecule has 0 spiro atoms. The molecule has 1 fully saturated rings. The number of carboxylic acids is 1. The quantitative estimate of drug-likeness (QED) is 0.639. The van der Waals surface area contributed by atoms with Crippen molar-refractivity contribution < 1.29 is 24.5 Å². The minimum absolute atomic E-state index is 0.0896. The monoisotopic (exact) mass is 190 g/mol. The molecule has 2 N–H and O–H groups in total. The van der Waals surface area contributed by atoms with Gasteiger partial charge in [0.15, 0.2) is 11.4 Å². The number of rotatable bonds is 2. The van der Waals surface area contributed by atoms with Crippen molar-refractivity contribution in [3.8, 4) is 0 Å². The van der Waals surface area contributed by atoms with E-state index in [0.717, 1.165) is 0 Å². The standard InChI is InChI=1S/C8H14O5/c1-7(2)12-4-5(13-7)8(3,11)6(9)10/h5,11H,4H2,1-3H3,(H,9,10). The lowest BCUT2D eigenvalue weighted by atomic mass is 10.0. The van der Waals surface area contributed by atoms with Gasteiger partial charge in [0.1, 0.15) is 6.10 Å². The van der Waals surface area contributed by atoms with E-state index in [9.17, 15) is 9.90 Å². The normalized spacial score (nSPS) is 31.2. The van der Waals surface area contributed by atoms with E-state index in [0.29, 0.717) is 0 Å². The first-order chi connectivity index (χ1) is 5.76. The fourth-order valence-electron chi connectivity index (χ4n) is 1.10. The Labute approximate surface area is 76.3 Å². The molecular weight excluding hydrogens is 176 g/mol. The molecule has 0 radical (unpaired) electrons. The molecule has 76 valence electrons. The molecule has 1 rings (SSSR count). The third-order valence-electron chi connectivity index (χ3n) is 2.07. The van der Waals surface area contributed by atoms with Crippen molar-refractivity contribution in [2.75, 3.05) is 6.61 Å². The summed E-state index contributed by atoms with van der Waals surface area (Å²) in [4.78, 5) is 10.6. The Morgan fingerprint density at radius 2 is 2.15 bits per heavy atom. The summed E-state index contributed by atoms with van der Waals surface area (Å²) in [5.74, 6) is -2.12. The van der Waals surface area contributed by atoms with Gasteiger partial charge in [0.25, 0.3) is 0 Å². The molecule has 1 saturated heterocycles. The van der Waals surface area contributed by atoms with E-state index >= 15 is 0 Å². The van der Waals surface area contributed by atoms with E-state index in [4.69, 9.17) is 14.6 Å². The molecule has 0 aromatic heterocycles. The molecule has 2 unspecified atom stereocenters.